The first-order valence-electron chi connectivity index (χ1n) is 7.12. The Morgan fingerprint density at radius 1 is 1.00 bits per heavy atom. The molecule has 5 heteroatoms. The Kier molecular flexibility index (Phi) is 3.05. The Balaban J connectivity index is 1.81. The van der Waals surface area contributed by atoms with Crippen molar-refractivity contribution in [1.29, 1.82) is 0 Å². The highest BCUT2D eigenvalue weighted by Gasteiger charge is 2.08. The maximum Gasteiger partial charge on any atom is 0.336 e. The molecule has 2 aromatic carbocycles. The van der Waals surface area contributed by atoms with Crippen LogP contribution in [-0.2, 0) is 0 Å². The highest BCUT2D eigenvalue weighted by atomic mass is 16.5. The summed E-state index contributed by atoms with van der Waals surface area (Å²) < 4.78 is 11.1. The molecule has 0 spiro atoms. The molecule has 2 aromatic heterocycles. The van der Waals surface area contributed by atoms with Crippen LogP contribution in [0.3, 0.4) is 0 Å². The molecule has 0 atom stereocenters. The fraction of sp³-hybridized carbons (Fsp3) is 0.0556. The van der Waals surface area contributed by atoms with Crippen molar-refractivity contribution in [2.24, 2.45) is 0 Å². The van der Waals surface area contributed by atoms with Crippen LogP contribution in [0.2, 0.25) is 0 Å². The van der Waals surface area contributed by atoms with Crippen LogP contribution >= 0.6 is 0 Å². The minimum absolute atomic E-state index is 0.391. The average molecular weight is 304 g/mol. The number of hydrogen-bond donors (Lipinski definition) is 0. The Bertz CT molecular complexity index is 1090. The normalized spacial score (nSPS) is 11.0. The zero-order chi connectivity index (χ0) is 15.8. The van der Waals surface area contributed by atoms with Crippen LogP contribution in [0.4, 0.5) is 0 Å². The van der Waals surface area contributed by atoms with Crippen LogP contribution in [0.5, 0.6) is 11.6 Å². The van der Waals surface area contributed by atoms with Crippen LogP contribution < -0.4 is 10.4 Å². The topological polar surface area (TPSA) is 65.2 Å². The van der Waals surface area contributed by atoms with E-state index in [0.717, 1.165) is 21.9 Å². The summed E-state index contributed by atoms with van der Waals surface area (Å²) in [4.78, 5) is 19.8. The van der Waals surface area contributed by atoms with Gasteiger partial charge in [0, 0.05) is 17.5 Å². The molecule has 0 unspecified atom stereocenters. The number of benzene rings is 2. The van der Waals surface area contributed by atoms with E-state index in [9.17, 15) is 4.79 Å². The second-order valence-electron chi connectivity index (χ2n) is 5.26. The van der Waals surface area contributed by atoms with Gasteiger partial charge in [-0.15, -0.1) is 0 Å². The summed E-state index contributed by atoms with van der Waals surface area (Å²) in [5, 5.41) is 1.67. The SMILES string of the molecule is Cc1ccc2ncnc(Oc3ccc4ccc(=O)oc4c3)c2c1. The molecule has 0 aliphatic rings. The molecule has 0 saturated heterocycles. The summed E-state index contributed by atoms with van der Waals surface area (Å²) in [5.74, 6) is 1.02. The number of hydrogen-bond acceptors (Lipinski definition) is 5. The number of rotatable bonds is 2. The first-order chi connectivity index (χ1) is 11.2. The molecule has 0 saturated carbocycles. The number of nitrogens with zero attached hydrogens (tertiary/aromatic N) is 2. The quantitative estimate of drug-likeness (QED) is 0.526. The van der Waals surface area contributed by atoms with Gasteiger partial charge >= 0.3 is 5.63 Å². The summed E-state index contributed by atoms with van der Waals surface area (Å²) in [7, 11) is 0. The second kappa shape index (κ2) is 5.21. The first kappa shape index (κ1) is 13.5. The van der Waals surface area contributed by atoms with Gasteiger partial charge in [-0.25, -0.2) is 14.8 Å². The fourth-order valence-corrected chi connectivity index (χ4v) is 2.44. The summed E-state index contributed by atoms with van der Waals surface area (Å²) in [6, 6.07) is 14.3. The second-order valence-corrected chi connectivity index (χ2v) is 5.26. The Hall–Kier alpha value is -3.21. The minimum atomic E-state index is -0.391. The lowest BCUT2D eigenvalue weighted by molar-refractivity contribution is 0.466. The third-order valence-electron chi connectivity index (χ3n) is 3.56. The van der Waals surface area contributed by atoms with Crippen LogP contribution in [0.25, 0.3) is 21.9 Å². The van der Waals surface area contributed by atoms with E-state index in [2.05, 4.69) is 9.97 Å². The summed E-state index contributed by atoms with van der Waals surface area (Å²) in [6.45, 7) is 2.00. The molecular weight excluding hydrogens is 292 g/mol. The van der Waals surface area contributed by atoms with Crippen molar-refractivity contribution in [3.05, 3.63) is 70.8 Å². The van der Waals surface area contributed by atoms with Crippen molar-refractivity contribution in [3.8, 4) is 11.6 Å². The number of fused-ring (bicyclic) bond motifs is 2. The van der Waals surface area contributed by atoms with Gasteiger partial charge in [0.25, 0.3) is 0 Å². The lowest BCUT2D eigenvalue weighted by Gasteiger charge is -2.08. The van der Waals surface area contributed by atoms with Crippen LogP contribution in [0, 0.1) is 6.92 Å². The molecule has 0 aliphatic carbocycles. The van der Waals surface area contributed by atoms with E-state index in [1.165, 1.54) is 12.4 Å². The average Bonchev–Trinajstić information content (AvgIpc) is 2.55. The molecule has 5 nitrogen and oxygen atoms in total. The van der Waals surface area contributed by atoms with Crippen molar-refractivity contribution in [3.63, 3.8) is 0 Å². The van der Waals surface area contributed by atoms with E-state index < -0.39 is 5.63 Å². The highest BCUT2D eigenvalue weighted by molar-refractivity contribution is 5.84. The number of ether oxygens (including phenoxy) is 1. The molecule has 0 bridgehead atoms. The van der Waals surface area contributed by atoms with Gasteiger partial charge in [0.15, 0.2) is 0 Å². The molecule has 0 radical (unpaired) electrons. The van der Waals surface area contributed by atoms with Gasteiger partial charge < -0.3 is 9.15 Å². The van der Waals surface area contributed by atoms with Gasteiger partial charge in [-0.2, -0.15) is 0 Å². The molecule has 0 fully saturated rings. The van der Waals surface area contributed by atoms with Gasteiger partial charge in [-0.05, 0) is 37.3 Å². The minimum Gasteiger partial charge on any atom is -0.438 e. The van der Waals surface area contributed by atoms with E-state index in [0.29, 0.717) is 17.2 Å². The van der Waals surface area contributed by atoms with E-state index in [1.54, 1.807) is 12.1 Å². The van der Waals surface area contributed by atoms with Crippen molar-refractivity contribution >= 4 is 21.9 Å². The van der Waals surface area contributed by atoms with Gasteiger partial charge in [-0.1, -0.05) is 11.6 Å². The number of aryl methyl sites for hydroxylation is 1. The third-order valence-corrected chi connectivity index (χ3v) is 3.56. The Morgan fingerprint density at radius 3 is 2.78 bits per heavy atom. The van der Waals surface area contributed by atoms with E-state index in [1.807, 2.05) is 37.3 Å². The van der Waals surface area contributed by atoms with Crippen molar-refractivity contribution < 1.29 is 9.15 Å². The molecule has 112 valence electrons. The zero-order valence-corrected chi connectivity index (χ0v) is 12.3. The Labute approximate surface area is 131 Å². The van der Waals surface area contributed by atoms with Crippen molar-refractivity contribution in [2.75, 3.05) is 0 Å². The van der Waals surface area contributed by atoms with Crippen LogP contribution in [-0.4, -0.2) is 9.97 Å². The highest BCUT2D eigenvalue weighted by Crippen LogP contribution is 2.28. The summed E-state index contributed by atoms with van der Waals surface area (Å²) in [6.07, 6.45) is 1.47. The lowest BCUT2D eigenvalue weighted by Crippen LogP contribution is -1.95. The molecule has 23 heavy (non-hydrogen) atoms. The van der Waals surface area contributed by atoms with Gasteiger partial charge in [0.05, 0.1) is 10.9 Å². The standard InChI is InChI=1S/C18H12N2O3/c1-11-2-6-15-14(8-11)18(20-10-19-15)22-13-5-3-12-4-7-17(21)23-16(12)9-13/h2-10H,1H3. The fourth-order valence-electron chi connectivity index (χ4n) is 2.44. The van der Waals surface area contributed by atoms with E-state index in [-0.39, 0.29) is 0 Å². The van der Waals surface area contributed by atoms with Crippen molar-refractivity contribution in [2.45, 2.75) is 6.92 Å². The van der Waals surface area contributed by atoms with E-state index in [4.69, 9.17) is 9.15 Å². The number of aromatic nitrogens is 2. The molecule has 2 heterocycles. The van der Waals surface area contributed by atoms with Crippen LogP contribution in [0.1, 0.15) is 5.56 Å². The van der Waals surface area contributed by atoms with Crippen LogP contribution in [0.15, 0.2) is 64.1 Å². The molecule has 0 amide bonds. The molecule has 4 aromatic rings. The molecule has 4 rings (SSSR count). The summed E-state index contributed by atoms with van der Waals surface area (Å²) >= 11 is 0. The van der Waals surface area contributed by atoms with Gasteiger partial charge in [-0.3, -0.25) is 0 Å². The predicted octanol–water partition coefficient (Wildman–Crippen LogP) is 3.84. The van der Waals surface area contributed by atoms with Gasteiger partial charge in [0.2, 0.25) is 5.88 Å². The maximum absolute atomic E-state index is 11.3. The molecule has 0 aliphatic heterocycles. The third kappa shape index (κ3) is 2.53. The zero-order valence-electron chi connectivity index (χ0n) is 12.3. The maximum atomic E-state index is 11.3. The van der Waals surface area contributed by atoms with E-state index >= 15 is 0 Å². The predicted molar refractivity (Wildman–Crippen MR) is 86.8 cm³/mol. The van der Waals surface area contributed by atoms with Crippen molar-refractivity contribution in [1.82, 2.24) is 9.97 Å². The summed E-state index contributed by atoms with van der Waals surface area (Å²) in [5.41, 5.74) is 2.00. The van der Waals surface area contributed by atoms with Gasteiger partial charge in [0.1, 0.15) is 17.7 Å². The monoisotopic (exact) mass is 304 g/mol. The molecular formula is C18H12N2O3. The molecule has 0 N–H and O–H groups in total. The largest absolute Gasteiger partial charge is 0.438 e. The lowest BCUT2D eigenvalue weighted by atomic mass is 10.1. The first-order valence-corrected chi connectivity index (χ1v) is 7.12. The Morgan fingerprint density at radius 2 is 1.87 bits per heavy atom. The smallest absolute Gasteiger partial charge is 0.336 e.